The highest BCUT2D eigenvalue weighted by molar-refractivity contribution is 6.32. The van der Waals surface area contributed by atoms with Crippen molar-refractivity contribution in [2.45, 2.75) is 19.8 Å². The molecular weight excluding hydrogens is 402 g/mol. The van der Waals surface area contributed by atoms with Gasteiger partial charge < -0.3 is 14.4 Å². The molecule has 0 bridgehead atoms. The van der Waals surface area contributed by atoms with Crippen LogP contribution in [0.2, 0.25) is 5.02 Å². The first-order valence-corrected chi connectivity index (χ1v) is 10.5. The molecule has 1 aliphatic heterocycles. The van der Waals surface area contributed by atoms with E-state index in [0.717, 1.165) is 11.1 Å². The van der Waals surface area contributed by atoms with E-state index in [1.54, 1.807) is 30.2 Å². The van der Waals surface area contributed by atoms with Crippen molar-refractivity contribution in [2.24, 2.45) is 5.92 Å². The summed E-state index contributed by atoms with van der Waals surface area (Å²) in [5.41, 5.74) is 1.49. The quantitative estimate of drug-likeness (QED) is 0.466. The Morgan fingerprint density at radius 1 is 1.17 bits per heavy atom. The number of piperidine rings is 1. The van der Waals surface area contributed by atoms with Gasteiger partial charge in [-0.2, -0.15) is 0 Å². The van der Waals surface area contributed by atoms with Gasteiger partial charge in [0.25, 0.3) is 0 Å². The number of hydrogen-bond donors (Lipinski definition) is 0. The Labute approximate surface area is 182 Å². The van der Waals surface area contributed by atoms with Crippen LogP contribution in [0, 0.1) is 5.92 Å². The molecule has 0 unspecified atom stereocenters. The third kappa shape index (κ3) is 5.22. The Morgan fingerprint density at radius 2 is 1.87 bits per heavy atom. The van der Waals surface area contributed by atoms with Crippen molar-refractivity contribution < 1.29 is 19.1 Å². The first kappa shape index (κ1) is 21.9. The number of methoxy groups -OCH3 is 1. The highest BCUT2D eigenvalue weighted by Gasteiger charge is 2.27. The van der Waals surface area contributed by atoms with Crippen molar-refractivity contribution in [1.82, 2.24) is 4.90 Å². The molecule has 2 aromatic carbocycles. The number of carbonyl (C=O) groups is 2. The molecule has 1 heterocycles. The molecule has 2 aromatic rings. The first-order valence-electron chi connectivity index (χ1n) is 10.1. The van der Waals surface area contributed by atoms with E-state index in [4.69, 9.17) is 21.1 Å². The van der Waals surface area contributed by atoms with Crippen molar-refractivity contribution in [2.75, 3.05) is 26.8 Å². The number of benzene rings is 2. The molecular formula is C24H26ClNO4. The van der Waals surface area contributed by atoms with Crippen molar-refractivity contribution in [3.63, 3.8) is 0 Å². The van der Waals surface area contributed by atoms with E-state index in [1.165, 1.54) is 6.08 Å². The number of hydrogen-bond acceptors (Lipinski definition) is 4. The molecule has 0 radical (unpaired) electrons. The summed E-state index contributed by atoms with van der Waals surface area (Å²) in [7, 11) is 1.55. The number of carbonyl (C=O) groups excluding carboxylic acids is 2. The summed E-state index contributed by atoms with van der Waals surface area (Å²) in [6, 6.07) is 12.9. The zero-order valence-electron chi connectivity index (χ0n) is 17.3. The number of ketones is 1. The summed E-state index contributed by atoms with van der Waals surface area (Å²) in [5.74, 6) is 1.07. The van der Waals surface area contributed by atoms with E-state index in [9.17, 15) is 9.59 Å². The van der Waals surface area contributed by atoms with Crippen LogP contribution in [0.15, 0.2) is 48.5 Å². The molecule has 1 saturated heterocycles. The van der Waals surface area contributed by atoms with Gasteiger partial charge in [-0.1, -0.05) is 41.9 Å². The second-order valence-electron chi connectivity index (χ2n) is 7.13. The molecule has 0 saturated carbocycles. The van der Waals surface area contributed by atoms with Crippen LogP contribution < -0.4 is 9.47 Å². The summed E-state index contributed by atoms with van der Waals surface area (Å²) in [5, 5.41) is 0.434. The van der Waals surface area contributed by atoms with E-state index >= 15 is 0 Å². The van der Waals surface area contributed by atoms with Crippen LogP contribution in [0.1, 0.15) is 35.7 Å². The fourth-order valence-electron chi connectivity index (χ4n) is 3.59. The Balaban J connectivity index is 1.60. The highest BCUT2D eigenvalue weighted by Crippen LogP contribution is 2.36. The summed E-state index contributed by atoms with van der Waals surface area (Å²) in [6.07, 6.45) is 4.60. The van der Waals surface area contributed by atoms with Gasteiger partial charge in [-0.15, -0.1) is 0 Å². The van der Waals surface area contributed by atoms with Gasteiger partial charge in [-0.25, -0.2) is 0 Å². The molecule has 0 aliphatic carbocycles. The van der Waals surface area contributed by atoms with Gasteiger partial charge in [0.15, 0.2) is 17.3 Å². The summed E-state index contributed by atoms with van der Waals surface area (Å²) in [6.45, 7) is 3.49. The molecule has 1 aliphatic rings. The molecule has 0 atom stereocenters. The van der Waals surface area contributed by atoms with Crippen molar-refractivity contribution >= 4 is 29.4 Å². The van der Waals surface area contributed by atoms with Gasteiger partial charge in [0.2, 0.25) is 5.91 Å². The third-order valence-corrected chi connectivity index (χ3v) is 5.48. The Kier molecular flexibility index (Phi) is 7.52. The number of Topliss-reactive ketones (excluding diaryl/α,β-unsaturated/α-hetero) is 1. The third-order valence-electron chi connectivity index (χ3n) is 5.19. The van der Waals surface area contributed by atoms with Gasteiger partial charge in [0.1, 0.15) is 0 Å². The van der Waals surface area contributed by atoms with Crippen LogP contribution in [0.3, 0.4) is 0 Å². The first-order chi connectivity index (χ1) is 14.5. The molecule has 6 heteroatoms. The van der Waals surface area contributed by atoms with E-state index in [-0.39, 0.29) is 17.6 Å². The number of halogens is 1. The van der Waals surface area contributed by atoms with Crippen LogP contribution >= 0.6 is 11.6 Å². The predicted octanol–water partition coefficient (Wildman–Crippen LogP) is 4.88. The number of ether oxygens (including phenoxy) is 2. The molecule has 158 valence electrons. The van der Waals surface area contributed by atoms with E-state index < -0.39 is 0 Å². The lowest BCUT2D eigenvalue weighted by atomic mass is 9.89. The van der Waals surface area contributed by atoms with E-state index in [2.05, 4.69) is 0 Å². The molecule has 30 heavy (non-hydrogen) atoms. The van der Waals surface area contributed by atoms with Crippen LogP contribution in [-0.2, 0) is 4.79 Å². The predicted molar refractivity (Wildman–Crippen MR) is 118 cm³/mol. The number of likely N-dealkylation sites (tertiary alicyclic amines) is 1. The fourth-order valence-corrected chi connectivity index (χ4v) is 3.87. The normalized spacial score (nSPS) is 14.7. The van der Waals surface area contributed by atoms with E-state index in [1.807, 2.05) is 37.3 Å². The molecule has 1 amide bonds. The Morgan fingerprint density at radius 3 is 2.50 bits per heavy atom. The van der Waals surface area contributed by atoms with E-state index in [0.29, 0.717) is 49.1 Å². The van der Waals surface area contributed by atoms with Crippen LogP contribution in [-0.4, -0.2) is 43.4 Å². The SMILES string of the molecule is CCOc1c(Cl)cc(C=CC(=O)N2CCC(C(=O)c3ccccc3)CC2)cc1OC. The van der Waals surface area contributed by atoms with Crippen LogP contribution in [0.25, 0.3) is 6.08 Å². The smallest absolute Gasteiger partial charge is 0.246 e. The van der Waals surface area contributed by atoms with Gasteiger partial charge in [-0.3, -0.25) is 9.59 Å². The van der Waals surface area contributed by atoms with Gasteiger partial charge in [0.05, 0.1) is 18.7 Å². The maximum Gasteiger partial charge on any atom is 0.246 e. The summed E-state index contributed by atoms with van der Waals surface area (Å²) >= 11 is 6.29. The van der Waals surface area contributed by atoms with Crippen LogP contribution in [0.5, 0.6) is 11.5 Å². The minimum atomic E-state index is -0.0791. The standard InChI is InChI=1S/C24H26ClNO4/c1-3-30-24-20(25)15-17(16-21(24)29-2)9-10-22(27)26-13-11-19(12-14-26)23(28)18-7-5-4-6-8-18/h4-10,15-16,19H,3,11-14H2,1-2H3. The largest absolute Gasteiger partial charge is 0.493 e. The molecule has 0 spiro atoms. The minimum absolute atomic E-state index is 0.0328. The highest BCUT2D eigenvalue weighted by atomic mass is 35.5. The second kappa shape index (κ2) is 10.3. The lowest BCUT2D eigenvalue weighted by Crippen LogP contribution is -2.39. The summed E-state index contributed by atoms with van der Waals surface area (Å²) < 4.78 is 10.9. The van der Waals surface area contributed by atoms with Crippen LogP contribution in [0.4, 0.5) is 0 Å². The van der Waals surface area contributed by atoms with Gasteiger partial charge in [-0.05, 0) is 43.5 Å². The molecule has 0 N–H and O–H groups in total. The maximum atomic E-state index is 12.6. The maximum absolute atomic E-state index is 12.6. The second-order valence-corrected chi connectivity index (χ2v) is 7.54. The zero-order chi connectivity index (χ0) is 21.5. The number of rotatable bonds is 7. The van der Waals surface area contributed by atoms with Gasteiger partial charge >= 0.3 is 0 Å². The Hall–Kier alpha value is -2.79. The van der Waals surface area contributed by atoms with Gasteiger partial charge in [0, 0.05) is 30.6 Å². The monoisotopic (exact) mass is 427 g/mol. The molecule has 5 nitrogen and oxygen atoms in total. The molecule has 1 fully saturated rings. The fraction of sp³-hybridized carbons (Fsp3) is 0.333. The lowest BCUT2D eigenvalue weighted by Gasteiger charge is -2.30. The summed E-state index contributed by atoms with van der Waals surface area (Å²) in [4.78, 5) is 27.0. The molecule has 0 aromatic heterocycles. The minimum Gasteiger partial charge on any atom is -0.493 e. The Bertz CT molecular complexity index is 918. The molecule has 3 rings (SSSR count). The zero-order valence-corrected chi connectivity index (χ0v) is 18.0. The number of nitrogens with zero attached hydrogens (tertiary/aromatic N) is 1. The van der Waals surface area contributed by atoms with Crippen molar-refractivity contribution in [1.29, 1.82) is 0 Å². The van der Waals surface area contributed by atoms with Crippen molar-refractivity contribution in [3.05, 3.63) is 64.7 Å². The lowest BCUT2D eigenvalue weighted by molar-refractivity contribution is -0.127. The average Bonchev–Trinajstić information content (AvgIpc) is 2.79. The number of amides is 1. The van der Waals surface area contributed by atoms with Crippen molar-refractivity contribution in [3.8, 4) is 11.5 Å². The average molecular weight is 428 g/mol. The topological polar surface area (TPSA) is 55.8 Å².